The molecule has 3 aromatic rings. The van der Waals surface area contributed by atoms with Gasteiger partial charge in [0, 0.05) is 37.6 Å². The number of hydrogen-bond acceptors (Lipinski definition) is 3. The molecule has 3 aromatic carbocycles. The molecule has 0 spiro atoms. The lowest BCUT2D eigenvalue weighted by molar-refractivity contribution is -0.137. The summed E-state index contributed by atoms with van der Waals surface area (Å²) >= 11 is 0. The third-order valence-electron chi connectivity index (χ3n) is 4.82. The molecule has 0 aliphatic carbocycles. The summed E-state index contributed by atoms with van der Waals surface area (Å²) in [5.41, 5.74) is 1.09. The molecule has 0 atom stereocenters. The van der Waals surface area contributed by atoms with Gasteiger partial charge in [0.15, 0.2) is 0 Å². The summed E-state index contributed by atoms with van der Waals surface area (Å²) in [6.07, 6.45) is -4.49. The highest BCUT2D eigenvalue weighted by Gasteiger charge is 2.30. The first-order valence-electron chi connectivity index (χ1n) is 9.87. The normalized spacial score (nSPS) is 11.1. The summed E-state index contributed by atoms with van der Waals surface area (Å²) in [6.45, 7) is 0.175. The van der Waals surface area contributed by atoms with Crippen LogP contribution in [-0.2, 0) is 12.7 Å². The lowest BCUT2D eigenvalue weighted by Gasteiger charge is -2.18. The van der Waals surface area contributed by atoms with Crippen molar-refractivity contribution in [1.82, 2.24) is 5.32 Å². The van der Waals surface area contributed by atoms with Crippen LogP contribution < -0.4 is 15.5 Å². The summed E-state index contributed by atoms with van der Waals surface area (Å²) < 4.78 is 51.2. The van der Waals surface area contributed by atoms with E-state index >= 15 is 0 Å². The number of anilines is 2. The Morgan fingerprint density at radius 3 is 2.09 bits per heavy atom. The van der Waals surface area contributed by atoms with Crippen molar-refractivity contribution in [2.45, 2.75) is 12.7 Å². The fourth-order valence-electron chi connectivity index (χ4n) is 3.08. The van der Waals surface area contributed by atoms with Gasteiger partial charge in [0.05, 0.1) is 11.1 Å². The second-order valence-electron chi connectivity index (χ2n) is 7.46. The standard InChI is InChI=1S/C24H21F4N3O2/c1-31(2)21-12-11-19(30-22(32)16-5-7-17(8-6-16)24(26,27)28)13-20(21)23(33)29-14-15-3-9-18(25)10-4-15/h3-13H,14H2,1-2H3,(H,29,33)(H,30,32). The van der Waals surface area contributed by atoms with Gasteiger partial charge in [0.25, 0.3) is 11.8 Å². The van der Waals surface area contributed by atoms with Gasteiger partial charge in [-0.05, 0) is 60.2 Å². The van der Waals surface area contributed by atoms with Gasteiger partial charge in [-0.15, -0.1) is 0 Å². The first-order valence-corrected chi connectivity index (χ1v) is 9.87. The summed E-state index contributed by atoms with van der Waals surface area (Å²) in [4.78, 5) is 27.0. The third-order valence-corrected chi connectivity index (χ3v) is 4.82. The summed E-state index contributed by atoms with van der Waals surface area (Å²) in [5.74, 6) is -1.40. The van der Waals surface area contributed by atoms with E-state index in [0.29, 0.717) is 16.9 Å². The van der Waals surface area contributed by atoms with Gasteiger partial charge in [-0.3, -0.25) is 9.59 Å². The topological polar surface area (TPSA) is 61.4 Å². The smallest absolute Gasteiger partial charge is 0.377 e. The van der Waals surface area contributed by atoms with E-state index in [-0.39, 0.29) is 23.5 Å². The van der Waals surface area contributed by atoms with Crippen LogP contribution in [-0.4, -0.2) is 25.9 Å². The fourth-order valence-corrected chi connectivity index (χ4v) is 3.08. The number of alkyl halides is 3. The maximum atomic E-state index is 13.1. The predicted molar refractivity (Wildman–Crippen MR) is 118 cm³/mol. The molecule has 2 amide bonds. The fraction of sp³-hybridized carbons (Fsp3) is 0.167. The SMILES string of the molecule is CN(C)c1ccc(NC(=O)c2ccc(C(F)(F)F)cc2)cc1C(=O)NCc1ccc(F)cc1. The van der Waals surface area contributed by atoms with Crippen LogP contribution in [0.1, 0.15) is 31.8 Å². The van der Waals surface area contributed by atoms with Crippen molar-refractivity contribution in [2.75, 3.05) is 24.3 Å². The van der Waals surface area contributed by atoms with E-state index in [0.717, 1.165) is 24.3 Å². The van der Waals surface area contributed by atoms with Crippen molar-refractivity contribution in [1.29, 1.82) is 0 Å². The Morgan fingerprint density at radius 2 is 1.52 bits per heavy atom. The van der Waals surface area contributed by atoms with E-state index in [2.05, 4.69) is 10.6 Å². The molecule has 172 valence electrons. The van der Waals surface area contributed by atoms with E-state index in [4.69, 9.17) is 0 Å². The minimum atomic E-state index is -4.49. The Balaban J connectivity index is 1.76. The lowest BCUT2D eigenvalue weighted by atomic mass is 10.1. The van der Waals surface area contributed by atoms with E-state index in [1.807, 2.05) is 0 Å². The maximum Gasteiger partial charge on any atom is 0.416 e. The average molecular weight is 459 g/mol. The number of hydrogen-bond donors (Lipinski definition) is 2. The first kappa shape index (κ1) is 23.8. The number of rotatable bonds is 6. The summed E-state index contributed by atoms with van der Waals surface area (Å²) in [5, 5.41) is 5.35. The Morgan fingerprint density at radius 1 is 0.879 bits per heavy atom. The Bertz CT molecular complexity index is 1140. The number of carbonyl (C=O) groups is 2. The van der Waals surface area contributed by atoms with Crippen molar-refractivity contribution in [2.24, 2.45) is 0 Å². The molecule has 3 rings (SSSR count). The van der Waals surface area contributed by atoms with Gasteiger partial charge < -0.3 is 15.5 Å². The van der Waals surface area contributed by atoms with Crippen LogP contribution in [0.3, 0.4) is 0 Å². The van der Waals surface area contributed by atoms with Crippen LogP contribution >= 0.6 is 0 Å². The Kier molecular flexibility index (Phi) is 7.01. The third kappa shape index (κ3) is 6.09. The van der Waals surface area contributed by atoms with Gasteiger partial charge in [0.2, 0.25) is 0 Å². The van der Waals surface area contributed by atoms with Gasteiger partial charge >= 0.3 is 6.18 Å². The van der Waals surface area contributed by atoms with E-state index in [1.165, 1.54) is 18.2 Å². The zero-order chi connectivity index (χ0) is 24.2. The number of carbonyl (C=O) groups excluding carboxylic acids is 2. The number of halogens is 4. The van der Waals surface area contributed by atoms with Crippen molar-refractivity contribution < 1.29 is 27.2 Å². The first-order chi connectivity index (χ1) is 15.5. The molecular formula is C24H21F4N3O2. The number of nitrogens with zero attached hydrogens (tertiary/aromatic N) is 1. The molecule has 0 radical (unpaired) electrons. The highest BCUT2D eigenvalue weighted by molar-refractivity contribution is 6.06. The molecule has 0 saturated carbocycles. The molecule has 2 N–H and O–H groups in total. The molecule has 0 bridgehead atoms. The zero-order valence-electron chi connectivity index (χ0n) is 17.8. The molecule has 0 aliphatic heterocycles. The number of amides is 2. The van der Waals surface area contributed by atoms with E-state index < -0.39 is 23.6 Å². The Labute approximate surface area is 188 Å². The lowest BCUT2D eigenvalue weighted by Crippen LogP contribution is -2.25. The van der Waals surface area contributed by atoms with Gasteiger partial charge in [-0.2, -0.15) is 13.2 Å². The molecule has 33 heavy (non-hydrogen) atoms. The summed E-state index contributed by atoms with van der Waals surface area (Å²) in [6, 6.07) is 14.3. The Hall–Kier alpha value is -3.88. The molecule has 0 heterocycles. The average Bonchev–Trinajstić information content (AvgIpc) is 2.77. The number of nitrogens with one attached hydrogen (secondary N) is 2. The molecule has 9 heteroatoms. The second-order valence-corrected chi connectivity index (χ2v) is 7.46. The minimum Gasteiger partial charge on any atom is -0.377 e. The van der Waals surface area contributed by atoms with Gasteiger partial charge in [0.1, 0.15) is 5.82 Å². The van der Waals surface area contributed by atoms with Crippen LogP contribution in [0.4, 0.5) is 28.9 Å². The van der Waals surface area contributed by atoms with Crippen LogP contribution in [0.25, 0.3) is 0 Å². The molecule has 0 saturated heterocycles. The largest absolute Gasteiger partial charge is 0.416 e. The van der Waals surface area contributed by atoms with Crippen LogP contribution in [0.15, 0.2) is 66.7 Å². The van der Waals surface area contributed by atoms with Crippen LogP contribution in [0.5, 0.6) is 0 Å². The molecular weight excluding hydrogens is 438 g/mol. The van der Waals surface area contributed by atoms with Crippen molar-refractivity contribution in [3.8, 4) is 0 Å². The van der Waals surface area contributed by atoms with Gasteiger partial charge in [-0.25, -0.2) is 4.39 Å². The van der Waals surface area contributed by atoms with Crippen LogP contribution in [0.2, 0.25) is 0 Å². The van der Waals surface area contributed by atoms with E-state index in [9.17, 15) is 27.2 Å². The molecule has 5 nitrogen and oxygen atoms in total. The van der Waals surface area contributed by atoms with Crippen molar-refractivity contribution >= 4 is 23.2 Å². The quantitative estimate of drug-likeness (QED) is 0.505. The minimum absolute atomic E-state index is 0.0435. The highest BCUT2D eigenvalue weighted by atomic mass is 19.4. The van der Waals surface area contributed by atoms with Crippen molar-refractivity contribution in [3.05, 3.63) is 94.8 Å². The van der Waals surface area contributed by atoms with Gasteiger partial charge in [-0.1, -0.05) is 12.1 Å². The molecule has 0 unspecified atom stereocenters. The molecule has 0 aliphatic rings. The number of benzene rings is 3. The summed E-state index contributed by atoms with van der Waals surface area (Å²) in [7, 11) is 3.51. The van der Waals surface area contributed by atoms with Crippen molar-refractivity contribution in [3.63, 3.8) is 0 Å². The van der Waals surface area contributed by atoms with E-state index in [1.54, 1.807) is 43.3 Å². The zero-order valence-corrected chi connectivity index (χ0v) is 17.8. The monoisotopic (exact) mass is 459 g/mol. The molecule has 0 fully saturated rings. The second kappa shape index (κ2) is 9.72. The predicted octanol–water partition coefficient (Wildman–Crippen LogP) is 5.09. The highest BCUT2D eigenvalue weighted by Crippen LogP contribution is 2.29. The van der Waals surface area contributed by atoms with Crippen LogP contribution in [0, 0.1) is 5.82 Å². The maximum absolute atomic E-state index is 13.1. The molecule has 0 aromatic heterocycles.